The lowest BCUT2D eigenvalue weighted by Crippen LogP contribution is -2.15. The van der Waals surface area contributed by atoms with Gasteiger partial charge in [0, 0.05) is 48.1 Å². The van der Waals surface area contributed by atoms with Crippen molar-refractivity contribution in [1.82, 2.24) is 9.97 Å². The summed E-state index contributed by atoms with van der Waals surface area (Å²) in [5.74, 6) is 0.635. The summed E-state index contributed by atoms with van der Waals surface area (Å²) in [5, 5.41) is 5.10. The van der Waals surface area contributed by atoms with Crippen molar-refractivity contribution in [1.29, 1.82) is 0 Å². The standard InChI is InChI=1S/C32H27N5O2/c1-36(2)24-14-10-22(11-15-24)20-31(38)35-23-12-16-25(17-13-23)37(30-18-19-33-21-34-30)28-8-5-7-27-26-6-3-4-9-29(26)39-32(27)28/h3-19,21H,20H2,1-2H3,(H,35,38). The molecule has 0 aliphatic heterocycles. The van der Waals surface area contributed by atoms with Gasteiger partial charge in [0.25, 0.3) is 0 Å². The number of nitrogens with one attached hydrogen (secondary N) is 1. The molecule has 0 bridgehead atoms. The number of carbonyl (C=O) groups excluding carboxylic acids is 1. The number of anilines is 5. The maximum Gasteiger partial charge on any atom is 0.228 e. The molecule has 0 fully saturated rings. The van der Waals surface area contributed by atoms with Gasteiger partial charge in [0.2, 0.25) is 5.91 Å². The van der Waals surface area contributed by atoms with E-state index in [-0.39, 0.29) is 5.91 Å². The predicted octanol–water partition coefficient (Wildman–Crippen LogP) is 7.09. The molecule has 0 aliphatic rings. The van der Waals surface area contributed by atoms with E-state index in [0.29, 0.717) is 12.2 Å². The molecule has 7 heteroatoms. The van der Waals surface area contributed by atoms with Gasteiger partial charge in [-0.15, -0.1) is 0 Å². The van der Waals surface area contributed by atoms with Crippen molar-refractivity contribution < 1.29 is 9.21 Å². The van der Waals surface area contributed by atoms with Crippen molar-refractivity contribution in [3.05, 3.63) is 115 Å². The molecule has 0 unspecified atom stereocenters. The number of amides is 1. The van der Waals surface area contributed by atoms with Crippen LogP contribution in [0.25, 0.3) is 21.9 Å². The van der Waals surface area contributed by atoms with Gasteiger partial charge in [0.1, 0.15) is 17.7 Å². The number of carbonyl (C=O) groups is 1. The first-order chi connectivity index (χ1) is 19.1. The zero-order valence-electron chi connectivity index (χ0n) is 21.7. The molecule has 1 amide bonds. The molecule has 6 rings (SSSR count). The first-order valence-electron chi connectivity index (χ1n) is 12.7. The number of para-hydroxylation sites is 2. The number of hydrogen-bond donors (Lipinski definition) is 1. The van der Waals surface area contributed by atoms with Crippen LogP contribution in [0, 0.1) is 0 Å². The summed E-state index contributed by atoms with van der Waals surface area (Å²) < 4.78 is 6.32. The summed E-state index contributed by atoms with van der Waals surface area (Å²) in [6.45, 7) is 0. The third-order valence-corrected chi connectivity index (χ3v) is 6.65. The van der Waals surface area contributed by atoms with Crippen molar-refractivity contribution >= 4 is 56.4 Å². The van der Waals surface area contributed by atoms with Gasteiger partial charge in [-0.1, -0.05) is 42.5 Å². The Labute approximate surface area is 226 Å². The van der Waals surface area contributed by atoms with Crippen molar-refractivity contribution in [3.63, 3.8) is 0 Å². The maximum absolute atomic E-state index is 12.7. The van der Waals surface area contributed by atoms with Gasteiger partial charge in [-0.05, 0) is 60.2 Å². The normalized spacial score (nSPS) is 11.0. The predicted molar refractivity (Wildman–Crippen MR) is 157 cm³/mol. The molecular formula is C32H27N5O2. The largest absolute Gasteiger partial charge is 0.454 e. The van der Waals surface area contributed by atoms with Crippen LogP contribution in [-0.4, -0.2) is 30.0 Å². The molecule has 0 radical (unpaired) electrons. The lowest BCUT2D eigenvalue weighted by atomic mass is 10.1. The van der Waals surface area contributed by atoms with E-state index in [1.165, 1.54) is 6.33 Å². The molecule has 192 valence electrons. The van der Waals surface area contributed by atoms with E-state index in [9.17, 15) is 4.79 Å². The van der Waals surface area contributed by atoms with Gasteiger partial charge in [-0.3, -0.25) is 9.69 Å². The lowest BCUT2D eigenvalue weighted by molar-refractivity contribution is -0.115. The quantitative estimate of drug-likeness (QED) is 0.246. The third kappa shape index (κ3) is 4.90. The van der Waals surface area contributed by atoms with Gasteiger partial charge in [-0.25, -0.2) is 9.97 Å². The number of furan rings is 1. The van der Waals surface area contributed by atoms with Crippen LogP contribution < -0.4 is 15.1 Å². The smallest absolute Gasteiger partial charge is 0.228 e. The van der Waals surface area contributed by atoms with E-state index in [4.69, 9.17) is 4.42 Å². The highest BCUT2D eigenvalue weighted by Gasteiger charge is 2.20. The van der Waals surface area contributed by atoms with Gasteiger partial charge >= 0.3 is 0 Å². The zero-order chi connectivity index (χ0) is 26.8. The number of fused-ring (bicyclic) bond motifs is 3. The minimum absolute atomic E-state index is 0.0694. The molecule has 1 N–H and O–H groups in total. The highest BCUT2D eigenvalue weighted by molar-refractivity contribution is 6.10. The molecule has 39 heavy (non-hydrogen) atoms. The topological polar surface area (TPSA) is 74.5 Å². The first-order valence-corrected chi connectivity index (χ1v) is 12.7. The van der Waals surface area contributed by atoms with E-state index in [0.717, 1.165) is 50.3 Å². The maximum atomic E-state index is 12.7. The average Bonchev–Trinajstić information content (AvgIpc) is 3.35. The summed E-state index contributed by atoms with van der Waals surface area (Å²) in [7, 11) is 3.99. The Balaban J connectivity index is 1.29. The van der Waals surface area contributed by atoms with Crippen molar-refractivity contribution in [2.75, 3.05) is 29.2 Å². The molecule has 0 saturated heterocycles. The average molecular weight is 514 g/mol. The molecule has 0 spiro atoms. The Morgan fingerprint density at radius 2 is 1.56 bits per heavy atom. The number of nitrogens with zero attached hydrogens (tertiary/aromatic N) is 4. The fraction of sp³-hybridized carbons (Fsp3) is 0.0938. The van der Waals surface area contributed by atoms with Crippen LogP contribution in [0.3, 0.4) is 0 Å². The van der Waals surface area contributed by atoms with E-state index in [1.807, 2.05) is 109 Å². The SMILES string of the molecule is CN(C)c1ccc(CC(=O)Nc2ccc(N(c3ccncn3)c3cccc4c3oc3ccccc34)cc2)cc1. The molecule has 0 aliphatic carbocycles. The van der Waals surface area contributed by atoms with Crippen LogP contribution in [0.5, 0.6) is 0 Å². The van der Waals surface area contributed by atoms with Crippen LogP contribution in [0.4, 0.5) is 28.6 Å². The van der Waals surface area contributed by atoms with E-state index in [1.54, 1.807) is 6.20 Å². The van der Waals surface area contributed by atoms with E-state index < -0.39 is 0 Å². The summed E-state index contributed by atoms with van der Waals surface area (Å²) in [4.78, 5) is 25.4. The molecule has 6 aromatic rings. The van der Waals surface area contributed by atoms with Gasteiger partial charge in [0.05, 0.1) is 12.1 Å². The van der Waals surface area contributed by atoms with Crippen molar-refractivity contribution in [2.24, 2.45) is 0 Å². The Morgan fingerprint density at radius 1 is 0.821 bits per heavy atom. The van der Waals surface area contributed by atoms with Crippen LogP contribution in [0.15, 0.2) is 114 Å². The lowest BCUT2D eigenvalue weighted by Gasteiger charge is -2.24. The van der Waals surface area contributed by atoms with Crippen LogP contribution in [0.2, 0.25) is 0 Å². The second kappa shape index (κ2) is 10.3. The monoisotopic (exact) mass is 513 g/mol. The number of aromatic nitrogens is 2. The number of benzene rings is 4. The minimum atomic E-state index is -0.0694. The highest BCUT2D eigenvalue weighted by atomic mass is 16.3. The second-order valence-electron chi connectivity index (χ2n) is 9.49. The molecule has 0 saturated carbocycles. The molecular weight excluding hydrogens is 486 g/mol. The molecule has 7 nitrogen and oxygen atoms in total. The first kappa shape index (κ1) is 24.2. The van der Waals surface area contributed by atoms with E-state index in [2.05, 4.69) is 27.4 Å². The molecule has 2 aromatic heterocycles. The van der Waals surface area contributed by atoms with Crippen LogP contribution in [-0.2, 0) is 11.2 Å². The highest BCUT2D eigenvalue weighted by Crippen LogP contribution is 2.41. The van der Waals surface area contributed by atoms with Crippen molar-refractivity contribution in [2.45, 2.75) is 6.42 Å². The van der Waals surface area contributed by atoms with Crippen LogP contribution >= 0.6 is 0 Å². The minimum Gasteiger partial charge on any atom is -0.454 e. The molecule has 2 heterocycles. The summed E-state index contributed by atoms with van der Waals surface area (Å²) in [6.07, 6.45) is 3.55. The van der Waals surface area contributed by atoms with E-state index >= 15 is 0 Å². The summed E-state index contributed by atoms with van der Waals surface area (Å²) in [5.41, 5.74) is 6.12. The van der Waals surface area contributed by atoms with Crippen LogP contribution in [0.1, 0.15) is 5.56 Å². The molecule has 0 atom stereocenters. The Kier molecular flexibility index (Phi) is 6.39. The summed E-state index contributed by atoms with van der Waals surface area (Å²) >= 11 is 0. The Morgan fingerprint density at radius 3 is 2.31 bits per heavy atom. The fourth-order valence-corrected chi connectivity index (χ4v) is 4.72. The fourth-order valence-electron chi connectivity index (χ4n) is 4.72. The van der Waals surface area contributed by atoms with Gasteiger partial charge in [-0.2, -0.15) is 0 Å². The Bertz CT molecular complexity index is 1740. The number of rotatable bonds is 7. The summed E-state index contributed by atoms with van der Waals surface area (Å²) in [6, 6.07) is 31.7. The van der Waals surface area contributed by atoms with Gasteiger partial charge < -0.3 is 14.6 Å². The number of hydrogen-bond acceptors (Lipinski definition) is 6. The third-order valence-electron chi connectivity index (χ3n) is 6.65. The van der Waals surface area contributed by atoms with Gasteiger partial charge in [0.15, 0.2) is 5.58 Å². The Hall–Kier alpha value is -5.17. The van der Waals surface area contributed by atoms with Crippen molar-refractivity contribution in [3.8, 4) is 0 Å². The zero-order valence-corrected chi connectivity index (χ0v) is 21.7. The molecule has 4 aromatic carbocycles. The second-order valence-corrected chi connectivity index (χ2v) is 9.49.